The molecule has 2 aromatic carbocycles. The standard InChI is InChI=1S/C22H19F4N3/c1-20(2)15-11-13(22(24,25)26)8-9-14(15)19(27-21(20,3)4)17-10-12-6-5-7-16(23)18(12)29-28-17/h5-11H,1-4H3. The predicted molar refractivity (Wildman–Crippen MR) is 104 cm³/mol. The molecule has 0 atom stereocenters. The van der Waals surface area contributed by atoms with Gasteiger partial charge in [-0.2, -0.15) is 13.2 Å². The highest BCUT2D eigenvalue weighted by atomic mass is 19.4. The Kier molecular flexibility index (Phi) is 4.09. The molecule has 1 aromatic heterocycles. The summed E-state index contributed by atoms with van der Waals surface area (Å²) in [5.74, 6) is -0.483. The molecule has 150 valence electrons. The van der Waals surface area contributed by atoms with E-state index in [9.17, 15) is 17.6 Å². The smallest absolute Gasteiger partial charge is 0.275 e. The first-order chi connectivity index (χ1) is 13.4. The van der Waals surface area contributed by atoms with Crippen LogP contribution in [0.25, 0.3) is 10.9 Å². The molecule has 0 saturated carbocycles. The molecule has 0 amide bonds. The van der Waals surface area contributed by atoms with Crippen LogP contribution in [0, 0.1) is 5.82 Å². The van der Waals surface area contributed by atoms with Crippen molar-refractivity contribution < 1.29 is 17.6 Å². The summed E-state index contributed by atoms with van der Waals surface area (Å²) in [6, 6.07) is 9.93. The predicted octanol–water partition coefficient (Wildman–Crippen LogP) is 5.69. The third kappa shape index (κ3) is 2.99. The van der Waals surface area contributed by atoms with Gasteiger partial charge in [-0.05, 0) is 43.7 Å². The van der Waals surface area contributed by atoms with Crippen LogP contribution in [0.3, 0.4) is 0 Å². The van der Waals surface area contributed by atoms with Gasteiger partial charge in [0.05, 0.1) is 16.8 Å². The zero-order valence-corrected chi connectivity index (χ0v) is 16.4. The van der Waals surface area contributed by atoms with Gasteiger partial charge < -0.3 is 0 Å². The van der Waals surface area contributed by atoms with Gasteiger partial charge in [0.25, 0.3) is 0 Å². The number of alkyl halides is 3. The fourth-order valence-corrected chi connectivity index (χ4v) is 3.60. The molecule has 0 fully saturated rings. The molecule has 2 heterocycles. The maximum atomic E-state index is 13.9. The molecule has 7 heteroatoms. The Bertz CT molecular complexity index is 1160. The molecular formula is C22H19F4N3. The highest BCUT2D eigenvalue weighted by molar-refractivity contribution is 6.14. The van der Waals surface area contributed by atoms with Crippen LogP contribution in [0.1, 0.15) is 50.1 Å². The fourth-order valence-electron chi connectivity index (χ4n) is 3.60. The van der Waals surface area contributed by atoms with Crippen LogP contribution in [0.2, 0.25) is 0 Å². The van der Waals surface area contributed by atoms with E-state index in [0.29, 0.717) is 27.9 Å². The van der Waals surface area contributed by atoms with Crippen molar-refractivity contribution in [3.05, 3.63) is 70.7 Å². The number of nitrogens with zero attached hydrogens (tertiary/aromatic N) is 3. The third-order valence-corrected chi connectivity index (χ3v) is 6.01. The number of benzene rings is 2. The second kappa shape index (κ2) is 6.08. The van der Waals surface area contributed by atoms with Gasteiger partial charge in [0.15, 0.2) is 5.82 Å². The average molecular weight is 401 g/mol. The molecule has 0 N–H and O–H groups in total. The minimum Gasteiger partial charge on any atom is -0.275 e. The van der Waals surface area contributed by atoms with E-state index in [1.165, 1.54) is 18.2 Å². The molecular weight excluding hydrogens is 382 g/mol. The van der Waals surface area contributed by atoms with Crippen LogP contribution in [0.15, 0.2) is 47.5 Å². The summed E-state index contributed by atoms with van der Waals surface area (Å²) >= 11 is 0. The van der Waals surface area contributed by atoms with Gasteiger partial charge in [0, 0.05) is 16.4 Å². The van der Waals surface area contributed by atoms with Crippen molar-refractivity contribution >= 4 is 16.6 Å². The summed E-state index contributed by atoms with van der Waals surface area (Å²) in [5, 5.41) is 8.67. The van der Waals surface area contributed by atoms with E-state index >= 15 is 0 Å². The molecule has 29 heavy (non-hydrogen) atoms. The Balaban J connectivity index is 1.97. The van der Waals surface area contributed by atoms with Crippen LogP contribution in [-0.4, -0.2) is 21.4 Å². The SMILES string of the molecule is CC1(C)N=C(c2cc3cccc(F)c3nn2)c2ccc(C(F)(F)F)cc2C1(C)C. The lowest BCUT2D eigenvalue weighted by Crippen LogP contribution is -2.46. The summed E-state index contributed by atoms with van der Waals surface area (Å²) in [5.41, 5.74) is 0.0647. The Morgan fingerprint density at radius 1 is 0.897 bits per heavy atom. The molecule has 0 aliphatic carbocycles. The van der Waals surface area contributed by atoms with Gasteiger partial charge >= 0.3 is 6.18 Å². The lowest BCUT2D eigenvalue weighted by atomic mass is 9.65. The Morgan fingerprint density at radius 3 is 2.31 bits per heavy atom. The minimum atomic E-state index is -4.44. The molecule has 0 saturated heterocycles. The van der Waals surface area contributed by atoms with Crippen molar-refractivity contribution in [2.45, 2.75) is 44.8 Å². The van der Waals surface area contributed by atoms with Crippen molar-refractivity contribution in [3.63, 3.8) is 0 Å². The highest BCUT2D eigenvalue weighted by Crippen LogP contribution is 2.45. The topological polar surface area (TPSA) is 38.1 Å². The molecule has 1 aliphatic heterocycles. The van der Waals surface area contributed by atoms with Gasteiger partial charge in [0.1, 0.15) is 11.2 Å². The quantitative estimate of drug-likeness (QED) is 0.491. The van der Waals surface area contributed by atoms with E-state index in [1.54, 1.807) is 18.2 Å². The number of hydrogen-bond acceptors (Lipinski definition) is 3. The van der Waals surface area contributed by atoms with Crippen LogP contribution in [0.5, 0.6) is 0 Å². The maximum absolute atomic E-state index is 13.9. The van der Waals surface area contributed by atoms with Gasteiger partial charge in [-0.3, -0.25) is 4.99 Å². The van der Waals surface area contributed by atoms with E-state index in [4.69, 9.17) is 4.99 Å². The zero-order chi connectivity index (χ0) is 21.2. The second-order valence-corrected chi connectivity index (χ2v) is 8.31. The van der Waals surface area contributed by atoms with Gasteiger partial charge in [-0.15, -0.1) is 10.2 Å². The summed E-state index contributed by atoms with van der Waals surface area (Å²) in [4.78, 5) is 4.84. The molecule has 3 nitrogen and oxygen atoms in total. The number of aliphatic imine (C=N–C) groups is 1. The summed E-state index contributed by atoms with van der Waals surface area (Å²) in [6.07, 6.45) is -4.44. The minimum absolute atomic E-state index is 0.139. The normalized spacial score (nSPS) is 17.7. The van der Waals surface area contributed by atoms with E-state index < -0.39 is 28.5 Å². The van der Waals surface area contributed by atoms with Gasteiger partial charge in [-0.1, -0.05) is 32.0 Å². The van der Waals surface area contributed by atoms with Crippen LogP contribution in [-0.2, 0) is 11.6 Å². The lowest BCUT2D eigenvalue weighted by Gasteiger charge is -2.44. The molecule has 3 aromatic rings. The number of hydrogen-bond donors (Lipinski definition) is 0. The number of fused-ring (bicyclic) bond motifs is 2. The Hall–Kier alpha value is -2.83. The molecule has 4 rings (SSSR count). The molecule has 1 aliphatic rings. The van der Waals surface area contributed by atoms with Crippen LogP contribution >= 0.6 is 0 Å². The molecule has 0 bridgehead atoms. The van der Waals surface area contributed by atoms with Crippen molar-refractivity contribution in [2.24, 2.45) is 4.99 Å². The monoisotopic (exact) mass is 401 g/mol. The van der Waals surface area contributed by atoms with Gasteiger partial charge in [0.2, 0.25) is 0 Å². The first kappa shape index (κ1) is 19.5. The van der Waals surface area contributed by atoms with Crippen LogP contribution < -0.4 is 0 Å². The fraction of sp³-hybridized carbons (Fsp3) is 0.318. The Labute approximate surface area is 165 Å². The zero-order valence-electron chi connectivity index (χ0n) is 16.4. The summed E-state index contributed by atoms with van der Waals surface area (Å²) in [7, 11) is 0. The maximum Gasteiger partial charge on any atom is 0.416 e. The lowest BCUT2D eigenvalue weighted by molar-refractivity contribution is -0.137. The van der Waals surface area contributed by atoms with E-state index in [1.807, 2.05) is 27.7 Å². The van der Waals surface area contributed by atoms with E-state index in [-0.39, 0.29) is 5.52 Å². The second-order valence-electron chi connectivity index (χ2n) is 8.31. The number of rotatable bonds is 1. The first-order valence-corrected chi connectivity index (χ1v) is 9.16. The van der Waals surface area contributed by atoms with Crippen molar-refractivity contribution in [1.82, 2.24) is 10.2 Å². The van der Waals surface area contributed by atoms with E-state index in [0.717, 1.165) is 6.07 Å². The van der Waals surface area contributed by atoms with Crippen molar-refractivity contribution in [2.75, 3.05) is 0 Å². The third-order valence-electron chi connectivity index (χ3n) is 6.01. The van der Waals surface area contributed by atoms with Gasteiger partial charge in [-0.25, -0.2) is 4.39 Å². The molecule has 0 spiro atoms. The molecule has 0 unspecified atom stereocenters. The van der Waals surface area contributed by atoms with Crippen molar-refractivity contribution in [1.29, 1.82) is 0 Å². The summed E-state index contributed by atoms with van der Waals surface area (Å²) < 4.78 is 54.0. The largest absolute Gasteiger partial charge is 0.416 e. The van der Waals surface area contributed by atoms with Crippen LogP contribution in [0.4, 0.5) is 17.6 Å². The number of halogens is 4. The number of aromatic nitrogens is 2. The van der Waals surface area contributed by atoms with E-state index in [2.05, 4.69) is 10.2 Å². The first-order valence-electron chi connectivity index (χ1n) is 9.16. The summed E-state index contributed by atoms with van der Waals surface area (Å²) in [6.45, 7) is 7.52. The molecule has 0 radical (unpaired) electrons. The van der Waals surface area contributed by atoms with Crippen molar-refractivity contribution in [3.8, 4) is 0 Å². The Morgan fingerprint density at radius 2 is 1.62 bits per heavy atom. The average Bonchev–Trinajstić information content (AvgIpc) is 2.64. The highest BCUT2D eigenvalue weighted by Gasteiger charge is 2.45.